The SMILES string of the molecule is O=C(NC1CCCC(Nc2ncnc3c2nc(-c2ccc(Cl)cc2Cl)n3-c2ccc(Cl)cc2)C1)c1cccnc1. The quantitative estimate of drug-likeness (QED) is 0.221. The van der Waals surface area contributed by atoms with E-state index in [1.807, 2.05) is 34.9 Å². The van der Waals surface area contributed by atoms with E-state index in [0.29, 0.717) is 49.0 Å². The van der Waals surface area contributed by atoms with Crippen LogP contribution in [0.25, 0.3) is 28.2 Å². The van der Waals surface area contributed by atoms with Crippen LogP contribution in [0.3, 0.4) is 0 Å². The Bertz CT molecular complexity index is 1680. The maximum atomic E-state index is 12.7. The number of aromatic nitrogens is 5. The number of nitrogens with one attached hydrogen (secondary N) is 2. The third-order valence-corrected chi connectivity index (χ3v) is 7.77. The van der Waals surface area contributed by atoms with Crippen LogP contribution in [0.1, 0.15) is 36.0 Å². The fourth-order valence-electron chi connectivity index (χ4n) is 5.10. The molecule has 202 valence electrons. The lowest BCUT2D eigenvalue weighted by Crippen LogP contribution is -2.42. The number of rotatable bonds is 6. The standard InChI is InChI=1S/C29H24Cl3N7O/c30-18-6-9-22(10-7-18)39-27(23-11-8-19(31)13-24(23)32)38-25-26(34-16-35-28(25)39)36-20-4-1-5-21(14-20)37-29(40)17-3-2-12-33-15-17/h2-3,6-13,15-16,20-21H,1,4-5,14H2,(H,37,40)(H,34,35,36). The second kappa shape index (κ2) is 11.4. The van der Waals surface area contributed by atoms with Crippen LogP contribution in [0.15, 0.2) is 73.3 Å². The van der Waals surface area contributed by atoms with Gasteiger partial charge in [0.1, 0.15) is 12.2 Å². The first kappa shape index (κ1) is 26.5. The molecule has 2 N–H and O–H groups in total. The zero-order valence-electron chi connectivity index (χ0n) is 21.2. The summed E-state index contributed by atoms with van der Waals surface area (Å²) in [4.78, 5) is 30.9. The van der Waals surface area contributed by atoms with Gasteiger partial charge in [0.05, 0.1) is 10.6 Å². The number of benzene rings is 2. The Morgan fingerprint density at radius 2 is 1.75 bits per heavy atom. The second-order valence-electron chi connectivity index (χ2n) is 9.69. The predicted molar refractivity (Wildman–Crippen MR) is 158 cm³/mol. The van der Waals surface area contributed by atoms with E-state index < -0.39 is 0 Å². The number of hydrogen-bond donors (Lipinski definition) is 2. The maximum absolute atomic E-state index is 12.7. The summed E-state index contributed by atoms with van der Waals surface area (Å²) in [6.07, 6.45) is 8.33. The average Bonchev–Trinajstić information content (AvgIpc) is 3.34. The molecular formula is C29H24Cl3N7O. The molecule has 0 bridgehead atoms. The number of carbonyl (C=O) groups excluding carboxylic acids is 1. The lowest BCUT2D eigenvalue weighted by Gasteiger charge is -2.30. The lowest BCUT2D eigenvalue weighted by atomic mass is 9.90. The van der Waals surface area contributed by atoms with E-state index in [1.165, 1.54) is 6.33 Å². The molecule has 0 radical (unpaired) electrons. The Labute approximate surface area is 245 Å². The Morgan fingerprint density at radius 1 is 0.950 bits per heavy atom. The molecule has 0 saturated heterocycles. The number of nitrogens with zero attached hydrogens (tertiary/aromatic N) is 5. The molecule has 11 heteroatoms. The van der Waals surface area contributed by atoms with E-state index in [9.17, 15) is 4.79 Å². The molecule has 6 rings (SSSR count). The molecule has 5 aromatic rings. The summed E-state index contributed by atoms with van der Waals surface area (Å²) in [5, 5.41) is 8.36. The number of halogens is 3. The first-order valence-electron chi connectivity index (χ1n) is 12.9. The van der Waals surface area contributed by atoms with Crippen molar-refractivity contribution in [2.24, 2.45) is 0 Å². The lowest BCUT2D eigenvalue weighted by molar-refractivity contribution is 0.0926. The van der Waals surface area contributed by atoms with Crippen LogP contribution in [0.5, 0.6) is 0 Å². The zero-order valence-corrected chi connectivity index (χ0v) is 23.5. The molecule has 2 unspecified atom stereocenters. The van der Waals surface area contributed by atoms with Gasteiger partial charge in [-0.15, -0.1) is 0 Å². The fraction of sp³-hybridized carbons (Fsp3) is 0.207. The second-order valence-corrected chi connectivity index (χ2v) is 11.0. The first-order chi connectivity index (χ1) is 19.5. The van der Waals surface area contributed by atoms with Gasteiger partial charge in [0.25, 0.3) is 5.91 Å². The van der Waals surface area contributed by atoms with Gasteiger partial charge >= 0.3 is 0 Å². The van der Waals surface area contributed by atoms with Crippen molar-refractivity contribution in [2.45, 2.75) is 37.8 Å². The van der Waals surface area contributed by atoms with Crippen molar-refractivity contribution in [2.75, 3.05) is 5.32 Å². The van der Waals surface area contributed by atoms with Crippen LogP contribution >= 0.6 is 34.8 Å². The van der Waals surface area contributed by atoms with Crippen LogP contribution in [-0.2, 0) is 0 Å². The summed E-state index contributed by atoms with van der Waals surface area (Å²) in [7, 11) is 0. The van der Waals surface area contributed by atoms with Crippen LogP contribution < -0.4 is 10.6 Å². The minimum atomic E-state index is -0.116. The van der Waals surface area contributed by atoms with E-state index in [-0.39, 0.29) is 18.0 Å². The van der Waals surface area contributed by atoms with Crippen LogP contribution in [-0.4, -0.2) is 42.5 Å². The Morgan fingerprint density at radius 3 is 2.52 bits per heavy atom. The molecule has 8 nitrogen and oxygen atoms in total. The van der Waals surface area contributed by atoms with E-state index in [2.05, 4.69) is 25.6 Å². The number of pyridine rings is 1. The summed E-state index contributed by atoms with van der Waals surface area (Å²) in [5.74, 6) is 1.11. The highest BCUT2D eigenvalue weighted by molar-refractivity contribution is 6.36. The number of hydrogen-bond acceptors (Lipinski definition) is 6. The highest BCUT2D eigenvalue weighted by atomic mass is 35.5. The van der Waals surface area contributed by atoms with E-state index in [1.54, 1.807) is 36.7 Å². The summed E-state index contributed by atoms with van der Waals surface area (Å²) in [6, 6.07) is 16.4. The molecule has 3 heterocycles. The molecule has 0 aliphatic heterocycles. The van der Waals surface area contributed by atoms with E-state index in [0.717, 1.165) is 31.4 Å². The Hall–Kier alpha value is -3.72. The van der Waals surface area contributed by atoms with Crippen LogP contribution in [0, 0.1) is 0 Å². The monoisotopic (exact) mass is 591 g/mol. The minimum Gasteiger partial charge on any atom is -0.365 e. The molecule has 0 spiro atoms. The number of fused-ring (bicyclic) bond motifs is 1. The highest BCUT2D eigenvalue weighted by Gasteiger charge is 2.26. The van der Waals surface area contributed by atoms with Crippen molar-refractivity contribution in [1.29, 1.82) is 0 Å². The predicted octanol–water partition coefficient (Wildman–Crippen LogP) is 6.99. The van der Waals surface area contributed by atoms with Gasteiger partial charge in [-0.25, -0.2) is 15.0 Å². The molecule has 2 atom stereocenters. The number of anilines is 1. The molecule has 1 aliphatic rings. The largest absolute Gasteiger partial charge is 0.365 e. The summed E-state index contributed by atoms with van der Waals surface area (Å²) in [5.41, 5.74) is 3.32. The van der Waals surface area contributed by atoms with Crippen molar-refractivity contribution in [3.05, 3.63) is 93.9 Å². The number of amides is 1. The fourth-order valence-corrected chi connectivity index (χ4v) is 5.71. The highest BCUT2D eigenvalue weighted by Crippen LogP contribution is 2.36. The maximum Gasteiger partial charge on any atom is 0.253 e. The minimum absolute atomic E-state index is 0.0337. The van der Waals surface area contributed by atoms with Crippen molar-refractivity contribution in [3.8, 4) is 17.1 Å². The molecule has 1 fully saturated rings. The molecule has 1 amide bonds. The van der Waals surface area contributed by atoms with Crippen LogP contribution in [0.4, 0.5) is 5.82 Å². The van der Waals surface area contributed by atoms with Crippen molar-refractivity contribution in [1.82, 2.24) is 29.8 Å². The van der Waals surface area contributed by atoms with Gasteiger partial charge in [-0.2, -0.15) is 0 Å². The van der Waals surface area contributed by atoms with Crippen molar-refractivity contribution in [3.63, 3.8) is 0 Å². The molecular weight excluding hydrogens is 569 g/mol. The van der Waals surface area contributed by atoms with Gasteiger partial charge in [-0.1, -0.05) is 34.8 Å². The molecule has 1 saturated carbocycles. The molecule has 40 heavy (non-hydrogen) atoms. The Balaban J connectivity index is 1.33. The Kier molecular flexibility index (Phi) is 7.56. The van der Waals surface area contributed by atoms with Crippen molar-refractivity contribution >= 4 is 57.7 Å². The van der Waals surface area contributed by atoms with Gasteiger partial charge in [0.2, 0.25) is 0 Å². The third kappa shape index (κ3) is 5.47. The number of imidazole rings is 1. The van der Waals surface area contributed by atoms with Gasteiger partial charge in [-0.3, -0.25) is 14.3 Å². The van der Waals surface area contributed by atoms with Gasteiger partial charge in [0, 0.05) is 45.8 Å². The summed E-state index contributed by atoms with van der Waals surface area (Å²) in [6.45, 7) is 0. The van der Waals surface area contributed by atoms with Crippen LogP contribution in [0.2, 0.25) is 15.1 Å². The molecule has 2 aromatic carbocycles. The summed E-state index contributed by atoms with van der Waals surface area (Å²) < 4.78 is 1.94. The molecule has 3 aromatic heterocycles. The topological polar surface area (TPSA) is 97.6 Å². The zero-order chi connectivity index (χ0) is 27.6. The van der Waals surface area contributed by atoms with Crippen molar-refractivity contribution < 1.29 is 4.79 Å². The molecule has 1 aliphatic carbocycles. The number of carbonyl (C=O) groups is 1. The first-order valence-corrected chi connectivity index (χ1v) is 14.0. The normalized spacial score (nSPS) is 17.1. The van der Waals surface area contributed by atoms with Gasteiger partial charge in [0.15, 0.2) is 17.0 Å². The smallest absolute Gasteiger partial charge is 0.253 e. The summed E-state index contributed by atoms with van der Waals surface area (Å²) >= 11 is 19.0. The van der Waals surface area contributed by atoms with Gasteiger partial charge in [-0.05, 0) is 80.3 Å². The average molecular weight is 593 g/mol. The third-order valence-electron chi connectivity index (χ3n) is 6.98. The van der Waals surface area contributed by atoms with E-state index >= 15 is 0 Å². The van der Waals surface area contributed by atoms with Gasteiger partial charge < -0.3 is 10.6 Å². The van der Waals surface area contributed by atoms with E-state index in [4.69, 9.17) is 39.8 Å².